The smallest absolute Gasteiger partial charge is 0.307 e. The van der Waals surface area contributed by atoms with Gasteiger partial charge in [-0.1, -0.05) is 55.1 Å². The van der Waals surface area contributed by atoms with E-state index in [2.05, 4.69) is 5.32 Å². The number of hydrogen-bond donors (Lipinski definition) is 2. The predicted octanol–water partition coefficient (Wildman–Crippen LogP) is 3.12. The topological polar surface area (TPSA) is 111 Å². The molecule has 0 aromatic heterocycles. The molecule has 0 spiro atoms. The molecule has 0 aliphatic carbocycles. The Morgan fingerprint density at radius 2 is 1.94 bits per heavy atom. The maximum absolute atomic E-state index is 11.7. The molecule has 1 aliphatic heterocycles. The minimum atomic E-state index is -0.518. The highest BCUT2D eigenvalue weighted by Gasteiger charge is 2.31. The van der Waals surface area contributed by atoms with Crippen molar-refractivity contribution in [3.05, 3.63) is 65.2 Å². The summed E-state index contributed by atoms with van der Waals surface area (Å²) in [6.45, 7) is 1.56. The van der Waals surface area contributed by atoms with Crippen molar-refractivity contribution >= 4 is 28.9 Å². The fourth-order valence-corrected chi connectivity index (χ4v) is 3.91. The lowest BCUT2D eigenvalue weighted by molar-refractivity contribution is -0.162. The third-order valence-electron chi connectivity index (χ3n) is 4.80. The van der Waals surface area contributed by atoms with E-state index in [1.54, 1.807) is 25.1 Å². The van der Waals surface area contributed by atoms with Crippen LogP contribution in [0, 0.1) is 0 Å². The van der Waals surface area contributed by atoms with E-state index in [-0.39, 0.29) is 43.5 Å². The molecule has 9 heteroatoms. The number of ether oxygens (including phenoxy) is 3. The third kappa shape index (κ3) is 6.81. The van der Waals surface area contributed by atoms with Crippen LogP contribution in [0.15, 0.2) is 48.5 Å². The molecule has 2 amide bonds. The average molecular weight is 460 g/mol. The zero-order valence-corrected chi connectivity index (χ0v) is 18.4. The summed E-state index contributed by atoms with van der Waals surface area (Å²) in [4.78, 5) is 34.4. The normalized spacial score (nSPS) is 16.5. The van der Waals surface area contributed by atoms with E-state index < -0.39 is 11.4 Å². The van der Waals surface area contributed by atoms with Crippen LogP contribution in [0.5, 0.6) is 5.75 Å². The quantitative estimate of drug-likeness (QED) is 0.390. The molecule has 1 aliphatic rings. The van der Waals surface area contributed by atoms with E-state index in [0.29, 0.717) is 12.2 Å². The number of imide groups is 1. The van der Waals surface area contributed by atoms with Gasteiger partial charge in [-0.15, -0.1) is 0 Å². The van der Waals surface area contributed by atoms with Gasteiger partial charge >= 0.3 is 5.97 Å². The summed E-state index contributed by atoms with van der Waals surface area (Å²) in [6, 6.07) is 14.5. The van der Waals surface area contributed by atoms with E-state index in [9.17, 15) is 19.5 Å². The number of rotatable bonds is 11. The molecular weight excluding hydrogens is 434 g/mol. The number of carbonyl (C=O) groups excluding carboxylic acids is 3. The first-order valence-corrected chi connectivity index (χ1v) is 11.1. The van der Waals surface area contributed by atoms with Crippen LogP contribution in [0.3, 0.4) is 0 Å². The van der Waals surface area contributed by atoms with Crippen molar-refractivity contribution in [3.8, 4) is 5.75 Å². The number of benzene rings is 2. The van der Waals surface area contributed by atoms with E-state index in [4.69, 9.17) is 14.2 Å². The zero-order chi connectivity index (χ0) is 22.9. The summed E-state index contributed by atoms with van der Waals surface area (Å²) in [7, 11) is 0. The predicted molar refractivity (Wildman–Crippen MR) is 118 cm³/mol. The summed E-state index contributed by atoms with van der Waals surface area (Å²) in [5, 5.41) is 10.9. The maximum Gasteiger partial charge on any atom is 0.307 e. The van der Waals surface area contributed by atoms with Crippen molar-refractivity contribution in [2.24, 2.45) is 0 Å². The highest BCUT2D eigenvalue weighted by Crippen LogP contribution is 2.25. The molecule has 2 atom stereocenters. The molecule has 1 fully saturated rings. The van der Waals surface area contributed by atoms with Gasteiger partial charge in [0, 0.05) is 6.42 Å². The molecule has 2 unspecified atom stereocenters. The lowest BCUT2D eigenvalue weighted by Gasteiger charge is -2.19. The summed E-state index contributed by atoms with van der Waals surface area (Å²) >= 11 is 0.998. The maximum atomic E-state index is 11.7. The van der Waals surface area contributed by atoms with Gasteiger partial charge in [-0.2, -0.15) is 0 Å². The third-order valence-corrected chi connectivity index (χ3v) is 5.78. The number of aliphatic hydroxyl groups excluding tert-OH is 1. The van der Waals surface area contributed by atoms with Crippen molar-refractivity contribution in [3.63, 3.8) is 0 Å². The molecule has 2 aromatic carbocycles. The number of thioether (sulfide) groups is 1. The Bertz CT molecular complexity index is 948. The first kappa shape index (κ1) is 23.8. The zero-order valence-electron chi connectivity index (χ0n) is 17.6. The molecule has 32 heavy (non-hydrogen) atoms. The van der Waals surface area contributed by atoms with E-state index in [1.165, 1.54) is 0 Å². The Kier molecular flexibility index (Phi) is 8.66. The minimum Gasteiger partial charge on any atom is -0.491 e. The lowest BCUT2D eigenvalue weighted by atomic mass is 10.1. The number of carbonyl (C=O) groups is 3. The van der Waals surface area contributed by atoms with Gasteiger partial charge < -0.3 is 19.3 Å². The van der Waals surface area contributed by atoms with Gasteiger partial charge in [0.15, 0.2) is 6.79 Å². The number of nitrogens with one attached hydrogen (secondary N) is 1. The van der Waals surface area contributed by atoms with Crippen molar-refractivity contribution in [1.82, 2.24) is 5.32 Å². The van der Waals surface area contributed by atoms with Crippen molar-refractivity contribution in [1.29, 1.82) is 0 Å². The van der Waals surface area contributed by atoms with Crippen molar-refractivity contribution in [2.75, 3.05) is 13.4 Å². The molecule has 1 heterocycles. The van der Waals surface area contributed by atoms with Crippen LogP contribution in [0.2, 0.25) is 0 Å². The van der Waals surface area contributed by atoms with Gasteiger partial charge in [0.05, 0.1) is 11.9 Å². The van der Waals surface area contributed by atoms with Gasteiger partial charge in [-0.05, 0) is 35.2 Å². The van der Waals surface area contributed by atoms with Crippen LogP contribution in [-0.2, 0) is 32.1 Å². The molecule has 0 saturated carbocycles. The largest absolute Gasteiger partial charge is 0.491 e. The van der Waals surface area contributed by atoms with Gasteiger partial charge in [-0.3, -0.25) is 19.7 Å². The lowest BCUT2D eigenvalue weighted by Crippen LogP contribution is -2.25. The fraction of sp³-hybridized carbons (Fsp3) is 0.348. The Morgan fingerprint density at radius 3 is 2.59 bits per heavy atom. The summed E-state index contributed by atoms with van der Waals surface area (Å²) in [5.41, 5.74) is 2.43. The Balaban J connectivity index is 1.60. The first-order valence-electron chi connectivity index (χ1n) is 10.2. The Morgan fingerprint density at radius 1 is 1.16 bits per heavy atom. The second kappa shape index (κ2) is 11.7. The summed E-state index contributed by atoms with van der Waals surface area (Å²) in [6.07, 6.45) is 0.187. The SMILES string of the molecule is CCC(=O)OCOC(COc1ccc(CC2SC(=O)NC2=O)cc1)c1cccc(CO)c1. The molecule has 0 bridgehead atoms. The fourth-order valence-electron chi connectivity index (χ4n) is 3.05. The van der Waals surface area contributed by atoms with E-state index >= 15 is 0 Å². The molecule has 0 radical (unpaired) electrons. The summed E-state index contributed by atoms with van der Waals surface area (Å²) in [5.74, 6) is -0.0276. The van der Waals surface area contributed by atoms with Gasteiger partial charge in [0.2, 0.25) is 5.91 Å². The Labute approximate surface area is 190 Å². The van der Waals surface area contributed by atoms with Crippen LogP contribution in [0.25, 0.3) is 0 Å². The van der Waals surface area contributed by atoms with Crippen molar-refractivity contribution < 1.29 is 33.7 Å². The van der Waals surface area contributed by atoms with Gasteiger partial charge in [0.1, 0.15) is 18.5 Å². The van der Waals surface area contributed by atoms with Gasteiger partial charge in [0.25, 0.3) is 5.24 Å². The van der Waals surface area contributed by atoms with E-state index in [0.717, 1.165) is 28.5 Å². The molecule has 8 nitrogen and oxygen atoms in total. The molecule has 2 aromatic rings. The highest BCUT2D eigenvalue weighted by atomic mass is 32.2. The first-order chi connectivity index (χ1) is 15.5. The molecule has 1 saturated heterocycles. The van der Waals surface area contributed by atoms with E-state index in [1.807, 2.05) is 30.3 Å². The minimum absolute atomic E-state index is 0.101. The molecular formula is C23H25NO7S. The average Bonchev–Trinajstić information content (AvgIpc) is 3.13. The molecule has 2 N–H and O–H groups in total. The van der Waals surface area contributed by atoms with Crippen molar-refractivity contribution in [2.45, 2.75) is 37.7 Å². The number of amides is 2. The highest BCUT2D eigenvalue weighted by molar-refractivity contribution is 8.15. The van der Waals surface area contributed by atoms with Crippen LogP contribution in [0.1, 0.15) is 36.1 Å². The van der Waals surface area contributed by atoms with Crippen LogP contribution >= 0.6 is 11.8 Å². The monoisotopic (exact) mass is 459 g/mol. The molecule has 3 rings (SSSR count). The number of aliphatic hydroxyl groups is 1. The van der Waals surface area contributed by atoms with Crippen LogP contribution in [-0.4, -0.2) is 40.9 Å². The standard InChI is InChI=1S/C23H25NO7S/c1-2-21(26)31-14-30-19(17-5-3-4-16(10-17)12-25)13-29-18-8-6-15(7-9-18)11-20-22(27)24-23(28)32-20/h3-10,19-20,25H,2,11-14H2,1H3,(H,24,27,28). The Hall–Kier alpha value is -2.88. The summed E-state index contributed by atoms with van der Waals surface area (Å²) < 4.78 is 16.6. The second-order valence-electron chi connectivity index (χ2n) is 7.09. The van der Waals surface area contributed by atoms with Crippen LogP contribution in [0.4, 0.5) is 4.79 Å². The number of esters is 1. The number of hydrogen-bond acceptors (Lipinski definition) is 8. The van der Waals surface area contributed by atoms with Crippen LogP contribution < -0.4 is 10.1 Å². The second-order valence-corrected chi connectivity index (χ2v) is 8.26. The molecule has 170 valence electrons. The van der Waals surface area contributed by atoms with Gasteiger partial charge in [-0.25, -0.2) is 0 Å².